The summed E-state index contributed by atoms with van der Waals surface area (Å²) in [5, 5.41) is 4.63. The third-order valence-corrected chi connectivity index (χ3v) is 5.38. The van der Waals surface area contributed by atoms with Gasteiger partial charge >= 0.3 is 5.97 Å². The second-order valence-electron chi connectivity index (χ2n) is 6.39. The van der Waals surface area contributed by atoms with Gasteiger partial charge in [0.25, 0.3) is 5.91 Å². The van der Waals surface area contributed by atoms with Crippen LogP contribution in [-0.4, -0.2) is 30.9 Å². The fourth-order valence-electron chi connectivity index (χ4n) is 2.93. The molecule has 2 heterocycles. The highest BCUT2D eigenvalue weighted by Crippen LogP contribution is 2.26. The van der Waals surface area contributed by atoms with Crippen molar-refractivity contribution >= 4 is 34.8 Å². The molecule has 1 aromatic heterocycles. The summed E-state index contributed by atoms with van der Waals surface area (Å²) < 4.78 is 5.10. The van der Waals surface area contributed by atoms with Crippen LogP contribution < -0.4 is 10.2 Å². The summed E-state index contributed by atoms with van der Waals surface area (Å²) in [7, 11) is 0. The Bertz CT molecular complexity index is 802. The number of nitrogens with zero attached hydrogens (tertiary/aromatic N) is 1. The van der Waals surface area contributed by atoms with E-state index < -0.39 is 11.9 Å². The van der Waals surface area contributed by atoms with Crippen molar-refractivity contribution in [1.82, 2.24) is 5.32 Å². The Balaban J connectivity index is 1.47. The lowest BCUT2D eigenvalue weighted by molar-refractivity contribution is -0.152. The summed E-state index contributed by atoms with van der Waals surface area (Å²) >= 11 is 1.54. The van der Waals surface area contributed by atoms with Crippen molar-refractivity contribution in [3.05, 3.63) is 52.2 Å². The van der Waals surface area contributed by atoms with E-state index in [-0.39, 0.29) is 31.4 Å². The Morgan fingerprint density at radius 3 is 2.70 bits per heavy atom. The average Bonchev–Trinajstić information content (AvgIpc) is 3.34. The van der Waals surface area contributed by atoms with E-state index in [4.69, 9.17) is 4.74 Å². The highest BCUT2D eigenvalue weighted by molar-refractivity contribution is 7.09. The predicted molar refractivity (Wildman–Crippen MR) is 103 cm³/mol. The Labute approximate surface area is 162 Å². The molecule has 3 rings (SSSR count). The summed E-state index contributed by atoms with van der Waals surface area (Å²) in [4.78, 5) is 38.9. The molecule has 1 unspecified atom stereocenters. The van der Waals surface area contributed by atoms with Gasteiger partial charge in [-0.05, 0) is 35.6 Å². The van der Waals surface area contributed by atoms with Crippen LogP contribution in [0.4, 0.5) is 5.69 Å². The van der Waals surface area contributed by atoms with E-state index in [1.807, 2.05) is 41.8 Å². The number of nitrogens with one attached hydrogen (secondary N) is 1. The van der Waals surface area contributed by atoms with Gasteiger partial charge in [0.05, 0.1) is 12.5 Å². The number of esters is 1. The van der Waals surface area contributed by atoms with Crippen molar-refractivity contribution in [1.29, 1.82) is 0 Å². The first-order valence-corrected chi connectivity index (χ1v) is 9.79. The molecule has 1 aliphatic heterocycles. The molecule has 2 amide bonds. The van der Waals surface area contributed by atoms with Gasteiger partial charge < -0.3 is 15.0 Å². The van der Waals surface area contributed by atoms with Gasteiger partial charge in [0.15, 0.2) is 6.61 Å². The van der Waals surface area contributed by atoms with E-state index in [0.29, 0.717) is 6.54 Å². The first-order valence-electron chi connectivity index (χ1n) is 8.92. The molecular weight excluding hydrogens is 364 g/mol. The standard InChI is InChI=1S/C20H22N2O4S/c1-2-14-5-7-16(8-6-14)22-12-15(10-19(22)24)20(25)26-13-18(23)21-11-17-4-3-9-27-17/h3-9,15H,2,10-13H2,1H3,(H,21,23). The zero-order chi connectivity index (χ0) is 19.2. The monoisotopic (exact) mass is 386 g/mol. The number of anilines is 1. The highest BCUT2D eigenvalue weighted by Gasteiger charge is 2.36. The summed E-state index contributed by atoms with van der Waals surface area (Å²) in [6.45, 7) is 2.43. The van der Waals surface area contributed by atoms with Crippen molar-refractivity contribution in [2.45, 2.75) is 26.3 Å². The van der Waals surface area contributed by atoms with E-state index in [2.05, 4.69) is 12.2 Å². The number of hydrogen-bond donors (Lipinski definition) is 1. The van der Waals surface area contributed by atoms with Crippen molar-refractivity contribution in [2.75, 3.05) is 18.1 Å². The fourth-order valence-corrected chi connectivity index (χ4v) is 3.58. The Kier molecular flexibility index (Phi) is 6.24. The third-order valence-electron chi connectivity index (χ3n) is 4.50. The lowest BCUT2D eigenvalue weighted by Gasteiger charge is -2.17. The molecule has 0 spiro atoms. The number of carbonyl (C=O) groups is 3. The second-order valence-corrected chi connectivity index (χ2v) is 7.42. The van der Waals surface area contributed by atoms with Gasteiger partial charge in [0, 0.05) is 23.5 Å². The van der Waals surface area contributed by atoms with Crippen LogP contribution in [0.1, 0.15) is 23.8 Å². The molecule has 2 aromatic rings. The quantitative estimate of drug-likeness (QED) is 0.742. The van der Waals surface area contributed by atoms with E-state index in [1.165, 1.54) is 5.56 Å². The predicted octanol–water partition coefficient (Wildman–Crippen LogP) is 2.52. The van der Waals surface area contributed by atoms with Crippen molar-refractivity contribution < 1.29 is 19.1 Å². The topological polar surface area (TPSA) is 75.7 Å². The van der Waals surface area contributed by atoms with Crippen LogP contribution in [0.15, 0.2) is 41.8 Å². The number of amides is 2. The van der Waals surface area contributed by atoms with Crippen molar-refractivity contribution in [3.8, 4) is 0 Å². The maximum atomic E-state index is 12.3. The maximum absolute atomic E-state index is 12.3. The van der Waals surface area contributed by atoms with Gasteiger partial charge in [-0.25, -0.2) is 0 Å². The van der Waals surface area contributed by atoms with Crippen molar-refractivity contribution in [2.24, 2.45) is 5.92 Å². The first-order chi connectivity index (χ1) is 13.1. The number of rotatable bonds is 7. The molecule has 0 saturated carbocycles. The number of thiophene rings is 1. The fraction of sp³-hybridized carbons (Fsp3) is 0.350. The number of ether oxygens (including phenoxy) is 1. The van der Waals surface area contributed by atoms with Crippen molar-refractivity contribution in [3.63, 3.8) is 0 Å². The minimum atomic E-state index is -0.548. The van der Waals surface area contributed by atoms with E-state index >= 15 is 0 Å². The van der Waals surface area contributed by atoms with E-state index in [0.717, 1.165) is 17.0 Å². The van der Waals surface area contributed by atoms with Crippen LogP contribution in [0.2, 0.25) is 0 Å². The minimum absolute atomic E-state index is 0.102. The number of aryl methyl sites for hydroxylation is 1. The number of carbonyl (C=O) groups excluding carboxylic acids is 3. The Morgan fingerprint density at radius 2 is 2.04 bits per heavy atom. The molecule has 0 aliphatic carbocycles. The smallest absolute Gasteiger partial charge is 0.311 e. The molecule has 1 saturated heterocycles. The summed E-state index contributed by atoms with van der Waals surface area (Å²) in [6, 6.07) is 11.6. The maximum Gasteiger partial charge on any atom is 0.311 e. The zero-order valence-corrected chi connectivity index (χ0v) is 16.0. The molecule has 27 heavy (non-hydrogen) atoms. The molecule has 142 valence electrons. The largest absolute Gasteiger partial charge is 0.455 e. The van der Waals surface area contributed by atoms with Gasteiger partial charge in [0.2, 0.25) is 5.91 Å². The van der Waals surface area contributed by atoms with Crippen LogP contribution in [0, 0.1) is 5.92 Å². The third kappa shape index (κ3) is 4.95. The summed E-state index contributed by atoms with van der Waals surface area (Å²) in [6.07, 6.45) is 1.03. The van der Waals surface area contributed by atoms with Gasteiger partial charge in [0.1, 0.15) is 0 Å². The normalized spacial score (nSPS) is 16.4. The average molecular weight is 386 g/mol. The van der Waals surface area contributed by atoms with Crippen LogP contribution in [0.25, 0.3) is 0 Å². The molecule has 1 N–H and O–H groups in total. The second kappa shape index (κ2) is 8.81. The van der Waals surface area contributed by atoms with E-state index in [9.17, 15) is 14.4 Å². The molecule has 0 radical (unpaired) electrons. The van der Waals surface area contributed by atoms with Gasteiger partial charge in [-0.2, -0.15) is 0 Å². The van der Waals surface area contributed by atoms with Gasteiger partial charge in [-0.1, -0.05) is 25.1 Å². The lowest BCUT2D eigenvalue weighted by Crippen LogP contribution is -2.31. The van der Waals surface area contributed by atoms with Crippen LogP contribution >= 0.6 is 11.3 Å². The Morgan fingerprint density at radius 1 is 1.26 bits per heavy atom. The molecule has 0 bridgehead atoms. The van der Waals surface area contributed by atoms with Crippen LogP contribution in [0.3, 0.4) is 0 Å². The molecular formula is C20H22N2O4S. The molecule has 1 atom stereocenters. The minimum Gasteiger partial charge on any atom is -0.455 e. The summed E-state index contributed by atoms with van der Waals surface area (Å²) in [5.41, 5.74) is 1.97. The number of benzene rings is 1. The van der Waals surface area contributed by atoms with Crippen LogP contribution in [-0.2, 0) is 32.1 Å². The summed E-state index contributed by atoms with van der Waals surface area (Å²) in [5.74, 6) is -1.52. The van der Waals surface area contributed by atoms with Crippen LogP contribution in [0.5, 0.6) is 0 Å². The zero-order valence-electron chi connectivity index (χ0n) is 15.1. The molecule has 1 fully saturated rings. The highest BCUT2D eigenvalue weighted by atomic mass is 32.1. The molecule has 6 nitrogen and oxygen atoms in total. The number of hydrogen-bond acceptors (Lipinski definition) is 5. The Hall–Kier alpha value is -2.67. The lowest BCUT2D eigenvalue weighted by atomic mass is 10.1. The van der Waals surface area contributed by atoms with Gasteiger partial charge in [-0.15, -0.1) is 11.3 Å². The SMILES string of the molecule is CCc1ccc(N2CC(C(=O)OCC(=O)NCc3cccs3)CC2=O)cc1. The van der Waals surface area contributed by atoms with Gasteiger partial charge in [-0.3, -0.25) is 14.4 Å². The van der Waals surface area contributed by atoms with E-state index in [1.54, 1.807) is 16.2 Å². The molecule has 1 aliphatic rings. The molecule has 7 heteroatoms. The molecule has 1 aromatic carbocycles. The first kappa shape index (κ1) is 19.1.